The fourth-order valence-electron chi connectivity index (χ4n) is 5.48. The first-order valence-electron chi connectivity index (χ1n) is 14.1. The Bertz CT molecular complexity index is 2190. The van der Waals surface area contributed by atoms with E-state index in [0.29, 0.717) is 19.5 Å². The number of thiazole rings is 1. The zero-order valence-corrected chi connectivity index (χ0v) is 29.2. The van der Waals surface area contributed by atoms with E-state index in [-0.39, 0.29) is 12.8 Å². The van der Waals surface area contributed by atoms with Crippen LogP contribution in [0, 0.1) is 0 Å². The average molecular weight is 722 g/mol. The highest BCUT2D eigenvalue weighted by molar-refractivity contribution is 8.04. The highest BCUT2D eigenvalue weighted by Crippen LogP contribution is 2.51. The van der Waals surface area contributed by atoms with Gasteiger partial charge in [-0.25, -0.2) is 16.8 Å². The van der Waals surface area contributed by atoms with E-state index in [1.54, 1.807) is 52.9 Å². The van der Waals surface area contributed by atoms with E-state index in [2.05, 4.69) is 46.1 Å². The van der Waals surface area contributed by atoms with Gasteiger partial charge in [-0.15, -0.1) is 22.7 Å². The van der Waals surface area contributed by atoms with Crippen molar-refractivity contribution in [3.05, 3.63) is 62.8 Å². The van der Waals surface area contributed by atoms with Crippen LogP contribution in [-0.2, 0) is 26.8 Å². The monoisotopic (exact) mass is 721 g/mol. The molecule has 1 aliphatic rings. The minimum Gasteiger partial charge on any atom is -0.748 e. The number of nitrogens with zero attached hydrogens (tertiary/aromatic N) is 2. The van der Waals surface area contributed by atoms with Crippen LogP contribution in [0.1, 0.15) is 31.2 Å². The molecule has 0 atom stereocenters. The molecule has 0 radical (unpaired) electrons. The number of rotatable bonds is 12. The second-order valence-electron chi connectivity index (χ2n) is 10.5. The number of thiophene rings is 2. The highest BCUT2D eigenvalue weighted by Gasteiger charge is 2.28. The van der Waals surface area contributed by atoms with E-state index in [4.69, 9.17) is 4.74 Å². The zero-order chi connectivity index (χ0) is 31.9. The van der Waals surface area contributed by atoms with Gasteiger partial charge in [0.15, 0.2) is 6.54 Å². The summed E-state index contributed by atoms with van der Waals surface area (Å²) in [4.78, 5) is 3.19. The number of fused-ring (bicyclic) bond motifs is 6. The molecule has 0 unspecified atom stereocenters. The number of hydrogen-bond donors (Lipinski definition) is 0. The summed E-state index contributed by atoms with van der Waals surface area (Å²) in [6, 6.07) is 10.2. The molecule has 15 heteroatoms. The Balaban J connectivity index is 1.44. The van der Waals surface area contributed by atoms with Crippen LogP contribution < -0.4 is 14.2 Å². The molecule has 6 rings (SSSR count). The molecule has 0 amide bonds. The average Bonchev–Trinajstić information content (AvgIpc) is 3.76. The second-order valence-corrected chi connectivity index (χ2v) is 17.5. The Morgan fingerprint density at radius 1 is 0.978 bits per heavy atom. The van der Waals surface area contributed by atoms with Crippen molar-refractivity contribution in [3.8, 4) is 5.75 Å². The van der Waals surface area contributed by atoms with Gasteiger partial charge in [0.05, 0.1) is 38.1 Å². The number of aromatic nitrogens is 1. The number of aryl methyl sites for hydroxylation is 1. The minimum atomic E-state index is -4.36. The van der Waals surface area contributed by atoms with Crippen molar-refractivity contribution >= 4 is 108 Å². The van der Waals surface area contributed by atoms with Crippen LogP contribution in [0.15, 0.2) is 62.7 Å². The number of anilines is 1. The molecule has 0 fully saturated rings. The van der Waals surface area contributed by atoms with E-state index < -0.39 is 31.7 Å². The third-order valence-electron chi connectivity index (χ3n) is 7.52. The molecule has 0 bridgehead atoms. The smallest absolute Gasteiger partial charge is 0.263 e. The number of benzene rings is 2. The van der Waals surface area contributed by atoms with Crippen molar-refractivity contribution in [1.82, 2.24) is 0 Å². The molecule has 4 heterocycles. The second kappa shape index (κ2) is 13.0. The molecule has 0 spiro atoms. The van der Waals surface area contributed by atoms with E-state index in [0.717, 1.165) is 62.3 Å². The maximum absolute atomic E-state index is 11.4. The van der Waals surface area contributed by atoms with Crippen molar-refractivity contribution < 1.29 is 35.2 Å². The van der Waals surface area contributed by atoms with Crippen molar-refractivity contribution in [2.75, 3.05) is 30.1 Å². The zero-order valence-electron chi connectivity index (χ0n) is 24.3. The standard InChI is InChI=1S/C30H30N2O7S6/c1-3-19(16-26-31(10-4-14-44(33,34)35)22-6-7-24-21(9-12-40-24)29(22)43-26)17-27-32(11-5-15-45(36,37)38)28-25(42-27)18-23(39-2)20-8-13-41-30(20)28/h6-9,12-13,16-18H,3-5,10-11,14-15H2,1-2H3,(H-,33,34,35,36,37,38)/p-1. The molecule has 0 saturated heterocycles. The summed E-state index contributed by atoms with van der Waals surface area (Å²) in [7, 11) is -7.05. The fraction of sp³-hybridized carbons (Fsp3) is 0.300. The molecular weight excluding hydrogens is 693 g/mol. The molecule has 5 aromatic rings. The lowest BCUT2D eigenvalue weighted by Gasteiger charge is -2.21. The summed E-state index contributed by atoms with van der Waals surface area (Å²) in [6.45, 7) is 2.79. The Morgan fingerprint density at radius 2 is 1.71 bits per heavy atom. The maximum Gasteiger partial charge on any atom is 0.263 e. The van der Waals surface area contributed by atoms with Crippen molar-refractivity contribution in [1.29, 1.82) is 0 Å². The molecule has 2 aromatic carbocycles. The molecule has 9 nitrogen and oxygen atoms in total. The molecule has 3 aromatic heterocycles. The van der Waals surface area contributed by atoms with Gasteiger partial charge in [0.1, 0.15) is 15.1 Å². The van der Waals surface area contributed by atoms with Crippen LogP contribution in [0.4, 0.5) is 5.69 Å². The highest BCUT2D eigenvalue weighted by atomic mass is 32.2. The Morgan fingerprint density at radius 3 is 2.44 bits per heavy atom. The number of hydrogen-bond acceptors (Lipinski definition) is 12. The maximum atomic E-state index is 11.4. The summed E-state index contributed by atoms with van der Waals surface area (Å²) in [5.41, 5.74) is 2.98. The van der Waals surface area contributed by atoms with Crippen LogP contribution in [0.2, 0.25) is 0 Å². The van der Waals surface area contributed by atoms with Crippen LogP contribution in [0.25, 0.3) is 36.5 Å². The predicted molar refractivity (Wildman–Crippen MR) is 184 cm³/mol. The summed E-state index contributed by atoms with van der Waals surface area (Å²) in [5, 5.41) is 8.01. The normalized spacial score (nSPS) is 15.2. The minimum absolute atomic E-state index is 0.183. The Hall–Kier alpha value is -2.50. The molecular formula is C30H29N2O7S6-. The van der Waals surface area contributed by atoms with Crippen molar-refractivity contribution in [2.45, 2.75) is 37.6 Å². The van der Waals surface area contributed by atoms with Crippen LogP contribution in [0.5, 0.6) is 5.75 Å². The quantitative estimate of drug-likeness (QED) is 0.102. The molecule has 45 heavy (non-hydrogen) atoms. The van der Waals surface area contributed by atoms with E-state index in [1.807, 2.05) is 23.6 Å². The fourth-order valence-corrected chi connectivity index (χ4v) is 10.8. The number of allylic oxidation sites excluding steroid dienone is 2. The van der Waals surface area contributed by atoms with Crippen LogP contribution in [0.3, 0.4) is 0 Å². The van der Waals surface area contributed by atoms with E-state index in [1.165, 1.54) is 0 Å². The van der Waals surface area contributed by atoms with Crippen molar-refractivity contribution in [2.24, 2.45) is 0 Å². The molecule has 0 saturated carbocycles. The lowest BCUT2D eigenvalue weighted by Crippen LogP contribution is -2.36. The van der Waals surface area contributed by atoms with E-state index in [9.17, 15) is 25.9 Å². The summed E-state index contributed by atoms with van der Waals surface area (Å²) >= 11 is 6.45. The van der Waals surface area contributed by atoms with E-state index >= 15 is 0 Å². The van der Waals surface area contributed by atoms with Crippen LogP contribution >= 0.6 is 45.8 Å². The first-order valence-corrected chi connectivity index (χ1v) is 20.7. The van der Waals surface area contributed by atoms with Gasteiger partial charge in [-0.1, -0.05) is 30.0 Å². The predicted octanol–water partition coefficient (Wildman–Crippen LogP) is 6.74. The topological polar surface area (TPSA) is 131 Å². The van der Waals surface area contributed by atoms with Gasteiger partial charge < -0.3 is 18.7 Å². The Kier molecular flexibility index (Phi) is 9.34. The lowest BCUT2D eigenvalue weighted by molar-refractivity contribution is -0.667. The van der Waals surface area contributed by atoms with Crippen LogP contribution in [-0.4, -0.2) is 51.1 Å². The van der Waals surface area contributed by atoms with Gasteiger partial charge in [-0.3, -0.25) is 0 Å². The first kappa shape index (κ1) is 32.4. The molecule has 1 aliphatic heterocycles. The largest absolute Gasteiger partial charge is 0.748 e. The number of methoxy groups -OCH3 is 1. The first-order chi connectivity index (χ1) is 21.5. The number of thioether (sulfide) groups is 1. The Labute approximate surface area is 277 Å². The third-order valence-corrected chi connectivity index (χ3v) is 13.2. The summed E-state index contributed by atoms with van der Waals surface area (Å²) < 4.78 is 79.4. The summed E-state index contributed by atoms with van der Waals surface area (Å²) in [5.74, 6) is -0.122. The van der Waals surface area contributed by atoms with Gasteiger partial charge in [0, 0.05) is 57.0 Å². The molecule has 0 N–H and O–H groups in total. The summed E-state index contributed by atoms with van der Waals surface area (Å²) in [6.07, 6.45) is 5.28. The van der Waals surface area contributed by atoms with Crippen molar-refractivity contribution in [3.63, 3.8) is 0 Å². The number of ether oxygens (including phenoxy) is 1. The molecule has 0 aliphatic carbocycles. The van der Waals surface area contributed by atoms with Gasteiger partial charge in [0.2, 0.25) is 5.52 Å². The van der Waals surface area contributed by atoms with Gasteiger partial charge >= 0.3 is 0 Å². The third kappa shape index (κ3) is 6.95. The van der Waals surface area contributed by atoms with Gasteiger partial charge in [-0.2, -0.15) is 4.57 Å². The van der Waals surface area contributed by atoms with Gasteiger partial charge in [0.25, 0.3) is 5.01 Å². The SMILES string of the molecule is CCC(=Cc1sc2cc(OC)c3ccsc3c2[n+]1CCCS(=O)(=O)[O-])C=C1Sc2c(ccc3sccc23)N1CCCS(=O)(=O)[O-]. The lowest BCUT2D eigenvalue weighted by atomic mass is 10.1. The van der Waals surface area contributed by atoms with Gasteiger partial charge in [-0.05, 0) is 59.5 Å². The molecule has 238 valence electrons.